The first kappa shape index (κ1) is 19.2. The van der Waals surface area contributed by atoms with Gasteiger partial charge in [-0.2, -0.15) is 5.26 Å². The van der Waals surface area contributed by atoms with Gasteiger partial charge in [0.1, 0.15) is 6.61 Å². The Bertz CT molecular complexity index is 690. The van der Waals surface area contributed by atoms with E-state index in [0.29, 0.717) is 32.0 Å². The first-order chi connectivity index (χ1) is 13.2. The third-order valence-electron chi connectivity index (χ3n) is 4.64. The van der Waals surface area contributed by atoms with Gasteiger partial charge in [0.15, 0.2) is 0 Å². The van der Waals surface area contributed by atoms with E-state index in [9.17, 15) is 10.1 Å². The van der Waals surface area contributed by atoms with E-state index in [0.717, 1.165) is 43.1 Å². The highest BCUT2D eigenvalue weighted by atomic mass is 16.5. The van der Waals surface area contributed by atoms with Crippen molar-refractivity contribution in [2.45, 2.75) is 6.92 Å². The molecule has 0 saturated carbocycles. The molecule has 3 rings (SSSR count). The average molecular weight is 371 g/mol. The summed E-state index contributed by atoms with van der Waals surface area (Å²) in [6.45, 7) is 7.41. The van der Waals surface area contributed by atoms with Crippen LogP contribution in [0.1, 0.15) is 18.1 Å². The molecule has 27 heavy (non-hydrogen) atoms. The number of anilines is 2. The van der Waals surface area contributed by atoms with E-state index >= 15 is 0 Å². The summed E-state index contributed by atoms with van der Waals surface area (Å²) in [7, 11) is 0. The molecule has 0 unspecified atom stereocenters. The number of hydrogen-bond donors (Lipinski definition) is 0. The number of morpholine rings is 2. The fourth-order valence-corrected chi connectivity index (χ4v) is 3.32. The van der Waals surface area contributed by atoms with Crippen LogP contribution in [0, 0.1) is 11.3 Å². The predicted molar refractivity (Wildman–Crippen MR) is 103 cm³/mol. The highest BCUT2D eigenvalue weighted by Gasteiger charge is 2.21. The van der Waals surface area contributed by atoms with Crippen LogP contribution in [0.25, 0.3) is 6.08 Å². The van der Waals surface area contributed by atoms with Crippen LogP contribution in [-0.2, 0) is 19.0 Å². The molecule has 0 aliphatic carbocycles. The van der Waals surface area contributed by atoms with E-state index in [2.05, 4.69) is 15.9 Å². The topological polar surface area (TPSA) is 75.0 Å². The van der Waals surface area contributed by atoms with Crippen LogP contribution >= 0.6 is 0 Å². The molecule has 2 aliphatic rings. The zero-order valence-corrected chi connectivity index (χ0v) is 15.6. The van der Waals surface area contributed by atoms with Gasteiger partial charge in [-0.1, -0.05) is 6.08 Å². The molecule has 2 fully saturated rings. The summed E-state index contributed by atoms with van der Waals surface area (Å²) in [5.74, 6) is -0.304. The Labute approximate surface area is 159 Å². The normalized spacial score (nSPS) is 17.8. The molecule has 2 aliphatic heterocycles. The molecule has 144 valence electrons. The van der Waals surface area contributed by atoms with Crippen LogP contribution in [0.3, 0.4) is 0 Å². The maximum absolute atomic E-state index is 11.0. The van der Waals surface area contributed by atoms with E-state index in [1.54, 1.807) is 0 Å². The number of carbonyl (C=O) groups is 1. The summed E-state index contributed by atoms with van der Waals surface area (Å²) in [5.41, 5.74) is 3.69. The monoisotopic (exact) mass is 371 g/mol. The summed E-state index contributed by atoms with van der Waals surface area (Å²) in [4.78, 5) is 15.5. The van der Waals surface area contributed by atoms with E-state index in [1.807, 2.05) is 24.3 Å². The molecule has 0 spiro atoms. The molecule has 0 atom stereocenters. The Morgan fingerprint density at radius 2 is 1.63 bits per heavy atom. The summed E-state index contributed by atoms with van der Waals surface area (Å²) >= 11 is 0. The third-order valence-corrected chi connectivity index (χ3v) is 4.64. The fraction of sp³-hybridized carbons (Fsp3) is 0.500. The van der Waals surface area contributed by atoms with E-state index in [-0.39, 0.29) is 12.6 Å². The lowest BCUT2D eigenvalue weighted by Gasteiger charge is -2.35. The van der Waals surface area contributed by atoms with Crippen molar-refractivity contribution in [3.8, 4) is 6.07 Å². The maximum Gasteiger partial charge on any atom is 0.302 e. The number of nitriles is 1. The van der Waals surface area contributed by atoms with Crippen molar-refractivity contribution < 1.29 is 19.0 Å². The van der Waals surface area contributed by atoms with E-state index < -0.39 is 0 Å². The van der Waals surface area contributed by atoms with Crippen molar-refractivity contribution in [3.05, 3.63) is 29.3 Å². The summed E-state index contributed by atoms with van der Waals surface area (Å²) in [6, 6.07) is 6.15. The predicted octanol–water partition coefficient (Wildman–Crippen LogP) is 1.81. The van der Waals surface area contributed by atoms with Crippen molar-refractivity contribution >= 4 is 23.4 Å². The minimum absolute atomic E-state index is 0.223. The van der Waals surface area contributed by atoms with Crippen LogP contribution in [0.4, 0.5) is 11.4 Å². The fourth-order valence-electron chi connectivity index (χ4n) is 3.32. The van der Waals surface area contributed by atoms with Gasteiger partial charge < -0.3 is 24.0 Å². The average Bonchev–Trinajstić information content (AvgIpc) is 2.72. The van der Waals surface area contributed by atoms with Crippen molar-refractivity contribution in [1.82, 2.24) is 0 Å². The number of benzene rings is 1. The third kappa shape index (κ3) is 5.00. The Kier molecular flexibility index (Phi) is 6.69. The highest BCUT2D eigenvalue weighted by Crippen LogP contribution is 2.34. The van der Waals surface area contributed by atoms with E-state index in [4.69, 9.17) is 14.2 Å². The van der Waals surface area contributed by atoms with Gasteiger partial charge in [-0.05, 0) is 18.2 Å². The minimum atomic E-state index is -0.304. The summed E-state index contributed by atoms with van der Waals surface area (Å²) in [5, 5.41) is 9.54. The molecular weight excluding hydrogens is 346 g/mol. The Morgan fingerprint density at radius 3 is 2.07 bits per heavy atom. The second kappa shape index (κ2) is 9.40. The molecule has 0 N–H and O–H groups in total. The SMILES string of the molecule is CC(=O)OC/C=C/c1c(N2CCOCC2)cc(C#N)cc1N1CCOCC1. The second-order valence-electron chi connectivity index (χ2n) is 6.44. The van der Waals surface area contributed by atoms with Gasteiger partial charge in [-0.15, -0.1) is 0 Å². The van der Waals surface area contributed by atoms with Crippen molar-refractivity contribution in [2.75, 3.05) is 69.0 Å². The lowest BCUT2D eigenvalue weighted by Crippen LogP contribution is -2.38. The van der Waals surface area contributed by atoms with Gasteiger partial charge in [0.05, 0.1) is 38.1 Å². The van der Waals surface area contributed by atoms with Crippen LogP contribution in [-0.4, -0.2) is 65.2 Å². The minimum Gasteiger partial charge on any atom is -0.462 e. The molecule has 1 aromatic rings. The Morgan fingerprint density at radius 1 is 1.11 bits per heavy atom. The van der Waals surface area contributed by atoms with Gasteiger partial charge in [0.2, 0.25) is 0 Å². The molecule has 2 heterocycles. The van der Waals surface area contributed by atoms with Crippen LogP contribution < -0.4 is 9.80 Å². The molecule has 1 aromatic carbocycles. The standard InChI is InChI=1S/C20H25N3O4/c1-16(24)27-8-2-3-18-19(22-4-9-25-10-5-22)13-17(15-21)14-20(18)23-6-11-26-12-7-23/h2-3,13-14H,4-12H2,1H3/b3-2+. The first-order valence-corrected chi connectivity index (χ1v) is 9.22. The second-order valence-corrected chi connectivity index (χ2v) is 6.44. The molecule has 7 heteroatoms. The summed E-state index contributed by atoms with van der Waals surface area (Å²) in [6.07, 6.45) is 3.83. The largest absolute Gasteiger partial charge is 0.462 e. The molecule has 2 saturated heterocycles. The quantitative estimate of drug-likeness (QED) is 0.731. The first-order valence-electron chi connectivity index (χ1n) is 9.22. The molecular formula is C20H25N3O4. The zero-order chi connectivity index (χ0) is 19.1. The van der Waals surface area contributed by atoms with Crippen molar-refractivity contribution in [1.29, 1.82) is 5.26 Å². The lowest BCUT2D eigenvalue weighted by molar-refractivity contribution is -0.139. The van der Waals surface area contributed by atoms with Crippen LogP contribution in [0.15, 0.2) is 18.2 Å². The molecule has 7 nitrogen and oxygen atoms in total. The van der Waals surface area contributed by atoms with Gasteiger partial charge in [-0.3, -0.25) is 4.79 Å². The van der Waals surface area contributed by atoms with Gasteiger partial charge in [0.25, 0.3) is 0 Å². The van der Waals surface area contributed by atoms with Crippen LogP contribution in [0.2, 0.25) is 0 Å². The number of hydrogen-bond acceptors (Lipinski definition) is 7. The Balaban J connectivity index is 2.00. The zero-order valence-electron chi connectivity index (χ0n) is 15.6. The van der Waals surface area contributed by atoms with Gasteiger partial charge in [0, 0.05) is 50.0 Å². The lowest BCUT2D eigenvalue weighted by atomic mass is 10.0. The molecule has 0 aromatic heterocycles. The van der Waals surface area contributed by atoms with Crippen molar-refractivity contribution in [2.24, 2.45) is 0 Å². The van der Waals surface area contributed by atoms with Crippen LogP contribution in [0.5, 0.6) is 0 Å². The number of rotatable bonds is 5. The number of carbonyl (C=O) groups excluding carboxylic acids is 1. The smallest absolute Gasteiger partial charge is 0.302 e. The summed E-state index contributed by atoms with van der Waals surface area (Å²) < 4.78 is 16.0. The van der Waals surface area contributed by atoms with Gasteiger partial charge >= 0.3 is 5.97 Å². The molecule has 0 amide bonds. The van der Waals surface area contributed by atoms with Gasteiger partial charge in [-0.25, -0.2) is 0 Å². The number of esters is 1. The van der Waals surface area contributed by atoms with E-state index in [1.165, 1.54) is 6.92 Å². The highest BCUT2D eigenvalue weighted by molar-refractivity contribution is 5.81. The molecule has 0 radical (unpaired) electrons. The molecule has 0 bridgehead atoms. The number of nitrogens with zero attached hydrogens (tertiary/aromatic N) is 3. The number of ether oxygens (including phenoxy) is 3. The maximum atomic E-state index is 11.0. The Hall–Kier alpha value is -2.56. The van der Waals surface area contributed by atoms with Crippen molar-refractivity contribution in [3.63, 3.8) is 0 Å².